The first-order valence-corrected chi connectivity index (χ1v) is 6.93. The molecule has 1 N–H and O–H groups in total. The summed E-state index contributed by atoms with van der Waals surface area (Å²) in [6, 6.07) is 10.6. The van der Waals surface area contributed by atoms with Gasteiger partial charge in [0.25, 0.3) is 0 Å². The minimum atomic E-state index is -0.921. The van der Waals surface area contributed by atoms with Crippen LogP contribution in [0.5, 0.6) is 0 Å². The number of halogens is 3. The molecule has 21 heavy (non-hydrogen) atoms. The molecule has 0 saturated heterocycles. The Bertz CT molecular complexity index is 573. The van der Waals surface area contributed by atoms with Gasteiger partial charge in [-0.25, -0.2) is 13.2 Å². The van der Waals surface area contributed by atoms with Crippen LogP contribution in [-0.2, 0) is 0 Å². The third-order valence-corrected chi connectivity index (χ3v) is 3.23. The highest BCUT2D eigenvalue weighted by Crippen LogP contribution is 2.29. The molecule has 0 aliphatic heterocycles. The summed E-state index contributed by atoms with van der Waals surface area (Å²) >= 11 is 0. The van der Waals surface area contributed by atoms with Gasteiger partial charge >= 0.3 is 0 Å². The highest BCUT2D eigenvalue weighted by molar-refractivity contribution is 5.48. The fourth-order valence-corrected chi connectivity index (χ4v) is 2.29. The molecule has 0 bridgehead atoms. The summed E-state index contributed by atoms with van der Waals surface area (Å²) < 4.78 is 40.5. The molecule has 0 aliphatic carbocycles. The standard InChI is InChI=1S/C17H18F3N/c1-11(2)8-16(12-6-4-3-5-7-12)21-17-14(19)9-13(18)10-15(17)20/h3-7,9-11,16,21H,8H2,1-2H3. The highest BCUT2D eigenvalue weighted by Gasteiger charge is 2.18. The number of hydrogen-bond donors (Lipinski definition) is 1. The molecular weight excluding hydrogens is 275 g/mol. The van der Waals surface area contributed by atoms with Crippen LogP contribution >= 0.6 is 0 Å². The first-order chi connectivity index (χ1) is 9.97. The predicted octanol–water partition coefficient (Wildman–Crippen LogP) is 5.30. The van der Waals surface area contributed by atoms with Crippen molar-refractivity contribution in [2.75, 3.05) is 5.32 Å². The van der Waals surface area contributed by atoms with Crippen LogP contribution in [0.3, 0.4) is 0 Å². The van der Waals surface area contributed by atoms with Gasteiger partial charge in [0.1, 0.15) is 11.5 Å². The zero-order valence-corrected chi connectivity index (χ0v) is 12.0. The van der Waals surface area contributed by atoms with Crippen molar-refractivity contribution in [2.45, 2.75) is 26.3 Å². The van der Waals surface area contributed by atoms with Crippen molar-refractivity contribution in [3.05, 3.63) is 65.5 Å². The second-order valence-electron chi connectivity index (χ2n) is 5.48. The van der Waals surface area contributed by atoms with Crippen LogP contribution in [0.2, 0.25) is 0 Å². The van der Waals surface area contributed by atoms with Gasteiger partial charge in [-0.15, -0.1) is 0 Å². The third kappa shape index (κ3) is 4.00. The summed E-state index contributed by atoms with van der Waals surface area (Å²) in [5.74, 6) is -2.42. The zero-order valence-electron chi connectivity index (χ0n) is 12.0. The monoisotopic (exact) mass is 293 g/mol. The van der Waals surface area contributed by atoms with Crippen LogP contribution in [0.25, 0.3) is 0 Å². The Kier molecular flexibility index (Phi) is 4.89. The maximum absolute atomic E-state index is 13.8. The van der Waals surface area contributed by atoms with E-state index in [1.54, 1.807) is 0 Å². The van der Waals surface area contributed by atoms with E-state index in [2.05, 4.69) is 5.32 Å². The Labute approximate surface area is 122 Å². The molecule has 2 aromatic carbocycles. The molecule has 0 spiro atoms. The molecule has 0 radical (unpaired) electrons. The van der Waals surface area contributed by atoms with Crippen molar-refractivity contribution in [3.63, 3.8) is 0 Å². The van der Waals surface area contributed by atoms with Gasteiger partial charge < -0.3 is 5.32 Å². The van der Waals surface area contributed by atoms with E-state index in [0.29, 0.717) is 24.5 Å². The molecule has 0 saturated carbocycles. The Balaban J connectivity index is 2.32. The maximum atomic E-state index is 13.8. The summed E-state index contributed by atoms with van der Waals surface area (Å²) in [7, 11) is 0. The molecule has 112 valence electrons. The maximum Gasteiger partial charge on any atom is 0.152 e. The normalized spacial score (nSPS) is 12.5. The SMILES string of the molecule is CC(C)CC(Nc1c(F)cc(F)cc1F)c1ccccc1. The second-order valence-corrected chi connectivity index (χ2v) is 5.48. The van der Waals surface area contributed by atoms with E-state index < -0.39 is 17.5 Å². The lowest BCUT2D eigenvalue weighted by atomic mass is 9.96. The summed E-state index contributed by atoms with van der Waals surface area (Å²) in [5.41, 5.74) is 0.653. The lowest BCUT2D eigenvalue weighted by molar-refractivity contribution is 0.514. The molecule has 1 atom stereocenters. The summed E-state index contributed by atoms with van der Waals surface area (Å²) in [5, 5.41) is 2.87. The summed E-state index contributed by atoms with van der Waals surface area (Å²) in [6.45, 7) is 4.07. The second kappa shape index (κ2) is 6.66. The van der Waals surface area contributed by atoms with Crippen molar-refractivity contribution in [2.24, 2.45) is 5.92 Å². The molecular formula is C17H18F3N. The van der Waals surface area contributed by atoms with E-state index in [-0.39, 0.29) is 11.7 Å². The minimum Gasteiger partial charge on any atom is -0.373 e. The minimum absolute atomic E-state index is 0.235. The molecule has 0 fully saturated rings. The molecule has 2 aromatic rings. The van der Waals surface area contributed by atoms with E-state index in [9.17, 15) is 13.2 Å². The van der Waals surface area contributed by atoms with E-state index in [1.807, 2.05) is 44.2 Å². The van der Waals surface area contributed by atoms with Gasteiger partial charge in [-0.05, 0) is 17.9 Å². The number of nitrogens with one attached hydrogen (secondary N) is 1. The topological polar surface area (TPSA) is 12.0 Å². The van der Waals surface area contributed by atoms with Crippen molar-refractivity contribution in [1.29, 1.82) is 0 Å². The van der Waals surface area contributed by atoms with Gasteiger partial charge in [0.05, 0.1) is 6.04 Å². The van der Waals surface area contributed by atoms with E-state index in [4.69, 9.17) is 0 Å². The number of rotatable bonds is 5. The van der Waals surface area contributed by atoms with Crippen LogP contribution in [-0.4, -0.2) is 0 Å². The van der Waals surface area contributed by atoms with Gasteiger partial charge in [-0.3, -0.25) is 0 Å². The van der Waals surface area contributed by atoms with E-state index >= 15 is 0 Å². The average molecular weight is 293 g/mol. The Morgan fingerprint density at radius 1 is 0.952 bits per heavy atom. The van der Waals surface area contributed by atoms with Gasteiger partial charge in [0.15, 0.2) is 11.6 Å². The van der Waals surface area contributed by atoms with Crippen LogP contribution in [0.4, 0.5) is 18.9 Å². The summed E-state index contributed by atoms with van der Waals surface area (Å²) in [4.78, 5) is 0. The van der Waals surface area contributed by atoms with Gasteiger partial charge in [-0.2, -0.15) is 0 Å². The number of anilines is 1. The number of benzene rings is 2. The van der Waals surface area contributed by atoms with Crippen LogP contribution in [0.15, 0.2) is 42.5 Å². The Morgan fingerprint density at radius 2 is 1.52 bits per heavy atom. The van der Waals surface area contributed by atoms with Crippen LogP contribution in [0, 0.1) is 23.4 Å². The third-order valence-electron chi connectivity index (χ3n) is 3.23. The fraction of sp³-hybridized carbons (Fsp3) is 0.294. The van der Waals surface area contributed by atoms with E-state index in [0.717, 1.165) is 5.56 Å². The molecule has 1 unspecified atom stereocenters. The molecule has 0 amide bonds. The smallest absolute Gasteiger partial charge is 0.152 e. The number of hydrogen-bond acceptors (Lipinski definition) is 1. The highest BCUT2D eigenvalue weighted by atomic mass is 19.1. The molecule has 0 aromatic heterocycles. The summed E-state index contributed by atoms with van der Waals surface area (Å²) in [6.07, 6.45) is 0.709. The van der Waals surface area contributed by atoms with Crippen molar-refractivity contribution in [1.82, 2.24) is 0 Å². The van der Waals surface area contributed by atoms with Crippen molar-refractivity contribution < 1.29 is 13.2 Å². The van der Waals surface area contributed by atoms with Crippen LogP contribution in [0.1, 0.15) is 31.9 Å². The quantitative estimate of drug-likeness (QED) is 0.788. The van der Waals surface area contributed by atoms with E-state index in [1.165, 1.54) is 0 Å². The first-order valence-electron chi connectivity index (χ1n) is 6.93. The molecule has 2 rings (SSSR count). The zero-order chi connectivity index (χ0) is 15.4. The van der Waals surface area contributed by atoms with Gasteiger partial charge in [0, 0.05) is 12.1 Å². The largest absolute Gasteiger partial charge is 0.373 e. The van der Waals surface area contributed by atoms with Crippen LogP contribution < -0.4 is 5.32 Å². The average Bonchev–Trinajstić information content (AvgIpc) is 2.42. The van der Waals surface area contributed by atoms with Gasteiger partial charge in [0.2, 0.25) is 0 Å². The lowest BCUT2D eigenvalue weighted by Gasteiger charge is -2.23. The molecule has 0 aliphatic rings. The Morgan fingerprint density at radius 3 is 2.05 bits per heavy atom. The van der Waals surface area contributed by atoms with Crippen molar-refractivity contribution in [3.8, 4) is 0 Å². The van der Waals surface area contributed by atoms with Gasteiger partial charge in [-0.1, -0.05) is 44.2 Å². The fourth-order valence-electron chi connectivity index (χ4n) is 2.29. The first kappa shape index (κ1) is 15.4. The predicted molar refractivity (Wildman–Crippen MR) is 78.6 cm³/mol. The molecule has 0 heterocycles. The lowest BCUT2D eigenvalue weighted by Crippen LogP contribution is -2.15. The molecule has 1 nitrogen and oxygen atoms in total. The molecule has 4 heteroatoms. The Hall–Kier alpha value is -1.97. The van der Waals surface area contributed by atoms with Crippen molar-refractivity contribution >= 4 is 5.69 Å².